The summed E-state index contributed by atoms with van der Waals surface area (Å²) >= 11 is 0. The lowest BCUT2D eigenvalue weighted by Gasteiger charge is -2.32. The van der Waals surface area contributed by atoms with Crippen LogP contribution in [-0.4, -0.2) is 68.1 Å². The van der Waals surface area contributed by atoms with Crippen LogP contribution in [0.1, 0.15) is 57.6 Å². The van der Waals surface area contributed by atoms with E-state index in [9.17, 15) is 9.00 Å². The first kappa shape index (κ1) is 33.0. The molecule has 1 aliphatic rings. The number of carbonyl (C=O) groups excluding carboxylic acids is 1. The molecule has 10 nitrogen and oxygen atoms in total. The molecule has 5 rings (SSSR count). The third-order valence-electron chi connectivity index (χ3n) is 8.64. The molecule has 1 saturated heterocycles. The summed E-state index contributed by atoms with van der Waals surface area (Å²) in [5.41, 5.74) is 11.4. The van der Waals surface area contributed by atoms with Gasteiger partial charge in [-0.2, -0.15) is 9.78 Å². The zero-order chi connectivity index (χ0) is 33.0. The summed E-state index contributed by atoms with van der Waals surface area (Å²) in [6, 6.07) is 16.6. The Labute approximate surface area is 272 Å². The number of hydrogen-bond acceptors (Lipinski definition) is 8. The minimum atomic E-state index is -2.42. The van der Waals surface area contributed by atoms with E-state index in [2.05, 4.69) is 59.3 Å². The lowest BCUT2D eigenvalue weighted by atomic mass is 9.95. The van der Waals surface area contributed by atoms with Crippen LogP contribution < -0.4 is 16.0 Å². The Morgan fingerprint density at radius 1 is 1.17 bits per heavy atom. The number of piperidine rings is 1. The van der Waals surface area contributed by atoms with Gasteiger partial charge in [-0.1, -0.05) is 44.2 Å². The number of ether oxygens (including phenoxy) is 1. The van der Waals surface area contributed by atoms with Crippen LogP contribution in [0.2, 0.25) is 0 Å². The Bertz CT molecular complexity index is 1840. The zero-order valence-corrected chi connectivity index (χ0v) is 28.2. The summed E-state index contributed by atoms with van der Waals surface area (Å²) in [4.78, 5) is 24.3. The number of esters is 1. The summed E-state index contributed by atoms with van der Waals surface area (Å²) < 4.78 is 19.6. The Morgan fingerprint density at radius 3 is 2.59 bits per heavy atom. The quantitative estimate of drug-likeness (QED) is 0.109. The molecular formula is C35H45N7O3S. The highest BCUT2D eigenvalue weighted by molar-refractivity contribution is 8.00. The van der Waals surface area contributed by atoms with E-state index in [1.807, 2.05) is 44.3 Å². The Balaban J connectivity index is 1.45. The Morgan fingerprint density at radius 2 is 1.91 bits per heavy atom. The molecule has 0 bridgehead atoms. The van der Waals surface area contributed by atoms with Crippen molar-refractivity contribution in [2.24, 2.45) is 10.9 Å². The van der Waals surface area contributed by atoms with Crippen LogP contribution in [0.3, 0.4) is 0 Å². The second-order valence-corrected chi connectivity index (χ2v) is 15.1. The normalized spacial score (nSPS) is 16.4. The van der Waals surface area contributed by atoms with E-state index in [4.69, 9.17) is 20.4 Å². The molecule has 2 atom stereocenters. The summed E-state index contributed by atoms with van der Waals surface area (Å²) in [7, 11) is -2.42. The number of nitrogens with two attached hydrogens (primary N) is 1. The first-order chi connectivity index (χ1) is 22.0. The van der Waals surface area contributed by atoms with E-state index in [1.54, 1.807) is 17.1 Å². The second-order valence-electron chi connectivity index (χ2n) is 12.3. The first-order valence-corrected chi connectivity index (χ1v) is 18.0. The fourth-order valence-electron chi connectivity index (χ4n) is 5.72. The maximum atomic E-state index is 12.8. The van der Waals surface area contributed by atoms with Gasteiger partial charge in [0.05, 0.1) is 36.3 Å². The van der Waals surface area contributed by atoms with Crippen molar-refractivity contribution in [3.05, 3.63) is 72.1 Å². The summed E-state index contributed by atoms with van der Waals surface area (Å²) in [5.74, 6) is 4.82. The molecule has 3 N–H and O–H groups in total. The van der Waals surface area contributed by atoms with Gasteiger partial charge in [0.2, 0.25) is 5.96 Å². The van der Waals surface area contributed by atoms with Gasteiger partial charge < -0.3 is 20.7 Å². The maximum Gasteiger partial charge on any atom is 0.309 e. The third kappa shape index (κ3) is 7.20. The number of nitrogen functional groups attached to an aromatic ring is 1. The number of rotatable bonds is 9. The van der Waals surface area contributed by atoms with Crippen LogP contribution in [0.5, 0.6) is 0 Å². The number of fused-ring (bicyclic) bond motifs is 1. The molecule has 0 saturated carbocycles. The molecule has 11 heteroatoms. The Hall–Kier alpha value is -4.38. The minimum Gasteiger partial charge on any atom is -0.466 e. The van der Waals surface area contributed by atoms with Crippen molar-refractivity contribution in [3.8, 4) is 11.3 Å². The monoisotopic (exact) mass is 643 g/mol. The summed E-state index contributed by atoms with van der Waals surface area (Å²) in [6.07, 6.45) is 6.78. The molecule has 2 unspecified atom stereocenters. The van der Waals surface area contributed by atoms with Gasteiger partial charge in [0, 0.05) is 47.7 Å². The smallest absolute Gasteiger partial charge is 0.309 e. The minimum absolute atomic E-state index is 0.0303. The van der Waals surface area contributed by atoms with Crippen LogP contribution in [-0.2, 0) is 25.6 Å². The van der Waals surface area contributed by atoms with Crippen LogP contribution in [0.25, 0.3) is 22.0 Å². The van der Waals surface area contributed by atoms with Crippen molar-refractivity contribution in [2.45, 2.75) is 58.4 Å². The van der Waals surface area contributed by atoms with Gasteiger partial charge in [0.1, 0.15) is 5.82 Å². The van der Waals surface area contributed by atoms with Gasteiger partial charge in [0.15, 0.2) is 0 Å². The van der Waals surface area contributed by atoms with Crippen molar-refractivity contribution >= 4 is 49.6 Å². The predicted octanol–water partition coefficient (Wildman–Crippen LogP) is 5.27. The van der Waals surface area contributed by atoms with Crippen molar-refractivity contribution < 1.29 is 13.7 Å². The fraction of sp³-hybridized carbons (Fsp3) is 0.400. The van der Waals surface area contributed by atoms with E-state index in [-0.39, 0.29) is 17.8 Å². The molecule has 244 valence electrons. The molecule has 1 aliphatic heterocycles. The molecule has 1 fully saturated rings. The summed E-state index contributed by atoms with van der Waals surface area (Å²) in [6.45, 7) is 10.1. The maximum absolute atomic E-state index is 12.8. The fourth-order valence-corrected chi connectivity index (χ4v) is 6.08. The van der Waals surface area contributed by atoms with Crippen molar-refractivity contribution in [1.29, 1.82) is 0 Å². The lowest BCUT2D eigenvalue weighted by molar-refractivity contribution is -0.148. The van der Waals surface area contributed by atoms with Crippen LogP contribution in [0.4, 0.5) is 11.5 Å². The predicted molar refractivity (Wildman–Crippen MR) is 190 cm³/mol. The molecule has 0 amide bonds. The second kappa shape index (κ2) is 13.9. The van der Waals surface area contributed by atoms with Gasteiger partial charge >= 0.3 is 5.97 Å². The molecule has 2 aromatic heterocycles. The third-order valence-corrected chi connectivity index (χ3v) is 10.3. The van der Waals surface area contributed by atoms with E-state index in [0.717, 1.165) is 64.8 Å². The number of aromatic nitrogens is 3. The van der Waals surface area contributed by atoms with Crippen molar-refractivity contribution in [1.82, 2.24) is 20.1 Å². The standard InChI is InChI=1S/C35H45N7O3S/c1-7-45-34(43)25-15-18-41(19-16-25)28-12-13-30-26(20-28)14-17-37-32(30)29-11-9-8-10-27(29)21-38-35(40-24(4)46(5,6)44)42-33(36)31(22-39-42)23(2)3/h8-14,17,20,22-25H,5,7,15-16,18-19,21,36H2,1-4,6H3,(H,38,40). The lowest BCUT2D eigenvalue weighted by Crippen LogP contribution is -2.42. The molecular weight excluding hydrogens is 598 g/mol. The number of nitrogens with one attached hydrogen (secondary N) is 1. The van der Waals surface area contributed by atoms with E-state index >= 15 is 0 Å². The molecule has 4 aromatic rings. The number of aliphatic imine (C=N–C) groups is 1. The SMILES string of the molecule is C=S(C)(=O)C(C)NC(=NCc1ccccc1-c1nccc2cc(N3CCC(C(=O)OCC)CC3)ccc12)n1ncc(C(C)C)c1N. The average molecular weight is 644 g/mol. The van der Waals surface area contributed by atoms with Crippen molar-refractivity contribution in [2.75, 3.05) is 36.6 Å². The van der Waals surface area contributed by atoms with Crippen LogP contribution in [0.15, 0.2) is 65.9 Å². The number of nitrogens with zero attached hydrogens (tertiary/aromatic N) is 5. The number of pyridine rings is 1. The first-order valence-electron chi connectivity index (χ1n) is 15.8. The number of anilines is 2. The molecule has 0 radical (unpaired) electrons. The zero-order valence-electron chi connectivity index (χ0n) is 27.4. The molecule has 2 aromatic carbocycles. The van der Waals surface area contributed by atoms with Crippen molar-refractivity contribution in [3.63, 3.8) is 0 Å². The number of carbonyl (C=O) groups is 1. The van der Waals surface area contributed by atoms with E-state index in [0.29, 0.717) is 24.9 Å². The van der Waals surface area contributed by atoms with E-state index in [1.165, 1.54) is 0 Å². The average Bonchev–Trinajstić information content (AvgIpc) is 3.43. The molecule has 0 aliphatic carbocycles. The van der Waals surface area contributed by atoms with Gasteiger partial charge in [-0.05, 0) is 77.1 Å². The van der Waals surface area contributed by atoms with Gasteiger partial charge in [-0.15, -0.1) is 0 Å². The van der Waals surface area contributed by atoms with Gasteiger partial charge in [-0.3, -0.25) is 14.0 Å². The van der Waals surface area contributed by atoms with E-state index < -0.39 is 14.9 Å². The molecule has 3 heterocycles. The largest absolute Gasteiger partial charge is 0.466 e. The highest BCUT2D eigenvalue weighted by Crippen LogP contribution is 2.33. The number of hydrogen-bond donors (Lipinski definition) is 2. The van der Waals surface area contributed by atoms with Crippen LogP contribution >= 0.6 is 0 Å². The van der Waals surface area contributed by atoms with Crippen LogP contribution in [0, 0.1) is 5.92 Å². The highest BCUT2D eigenvalue weighted by atomic mass is 32.2. The molecule has 46 heavy (non-hydrogen) atoms. The van der Waals surface area contributed by atoms with Gasteiger partial charge in [0.25, 0.3) is 0 Å². The number of benzene rings is 2. The topological polar surface area (TPSA) is 128 Å². The summed E-state index contributed by atoms with van der Waals surface area (Å²) in [5, 5.41) is 9.45. The van der Waals surface area contributed by atoms with Gasteiger partial charge in [-0.25, -0.2) is 4.99 Å². The molecule has 0 spiro atoms. The Kier molecular flexibility index (Phi) is 10.0. The highest BCUT2D eigenvalue weighted by Gasteiger charge is 2.26.